The van der Waals surface area contributed by atoms with Crippen LogP contribution >= 0.6 is 0 Å². The van der Waals surface area contributed by atoms with Crippen LogP contribution in [0.25, 0.3) is 0 Å². The van der Waals surface area contributed by atoms with Gasteiger partial charge in [-0.25, -0.2) is 9.59 Å². The van der Waals surface area contributed by atoms with Crippen LogP contribution in [0.2, 0.25) is 0 Å². The van der Waals surface area contributed by atoms with Gasteiger partial charge in [-0.15, -0.1) is 0 Å². The zero-order chi connectivity index (χ0) is 14.3. The van der Waals surface area contributed by atoms with E-state index in [0.29, 0.717) is 6.54 Å². The van der Waals surface area contributed by atoms with Gasteiger partial charge in [0, 0.05) is 12.6 Å². The van der Waals surface area contributed by atoms with Crippen LogP contribution in [-0.2, 0) is 9.59 Å². The van der Waals surface area contributed by atoms with Crippen LogP contribution in [0.1, 0.15) is 13.3 Å². The molecule has 2 atom stereocenters. The van der Waals surface area contributed by atoms with Gasteiger partial charge in [0.1, 0.15) is 6.04 Å². The van der Waals surface area contributed by atoms with Gasteiger partial charge in [0.05, 0.1) is 6.42 Å². The van der Waals surface area contributed by atoms with Crippen LogP contribution < -0.4 is 10.6 Å². The summed E-state index contributed by atoms with van der Waals surface area (Å²) in [5, 5.41) is 21.9. The zero-order valence-electron chi connectivity index (χ0n) is 10.6. The number of carbonyl (C=O) groups is 3. The van der Waals surface area contributed by atoms with Crippen molar-refractivity contribution in [3.63, 3.8) is 0 Å². The van der Waals surface area contributed by atoms with Gasteiger partial charge in [0.2, 0.25) is 0 Å². The molecule has 0 fully saturated rings. The molecule has 0 aromatic rings. The van der Waals surface area contributed by atoms with Gasteiger partial charge >= 0.3 is 18.0 Å². The van der Waals surface area contributed by atoms with Gasteiger partial charge in [0.15, 0.2) is 0 Å². The van der Waals surface area contributed by atoms with E-state index in [9.17, 15) is 14.4 Å². The maximum absolute atomic E-state index is 11.4. The third kappa shape index (κ3) is 7.44. The molecule has 0 rings (SSSR count). The molecule has 0 saturated carbocycles. The predicted molar refractivity (Wildman–Crippen MR) is 63.4 cm³/mol. The lowest BCUT2D eigenvalue weighted by atomic mass is 10.2. The van der Waals surface area contributed by atoms with Crippen molar-refractivity contribution in [3.8, 4) is 0 Å². The van der Waals surface area contributed by atoms with E-state index in [2.05, 4.69) is 10.6 Å². The second kappa shape index (κ2) is 7.49. The van der Waals surface area contributed by atoms with Gasteiger partial charge in [0.25, 0.3) is 0 Å². The fourth-order valence-corrected chi connectivity index (χ4v) is 1.39. The van der Waals surface area contributed by atoms with Gasteiger partial charge in [-0.1, -0.05) is 0 Å². The van der Waals surface area contributed by atoms with E-state index in [-0.39, 0.29) is 6.04 Å². The Labute approximate surface area is 105 Å². The first-order valence-corrected chi connectivity index (χ1v) is 5.38. The number of carboxylic acids is 2. The Morgan fingerprint density at radius 1 is 1.17 bits per heavy atom. The third-order valence-corrected chi connectivity index (χ3v) is 2.00. The summed E-state index contributed by atoms with van der Waals surface area (Å²) < 4.78 is 0. The van der Waals surface area contributed by atoms with E-state index in [1.54, 1.807) is 6.92 Å². The molecular weight excluding hydrogens is 242 g/mol. The Bertz CT molecular complexity index is 319. The van der Waals surface area contributed by atoms with Gasteiger partial charge in [-0.2, -0.15) is 0 Å². The van der Waals surface area contributed by atoms with E-state index >= 15 is 0 Å². The topological polar surface area (TPSA) is 119 Å². The highest BCUT2D eigenvalue weighted by Crippen LogP contribution is 1.93. The van der Waals surface area contributed by atoms with E-state index < -0.39 is 30.4 Å². The highest BCUT2D eigenvalue weighted by molar-refractivity contribution is 5.86. The predicted octanol–water partition coefficient (Wildman–Crippen LogP) is -0.836. The number of nitrogens with zero attached hydrogens (tertiary/aromatic N) is 1. The first-order chi connectivity index (χ1) is 8.22. The molecule has 2 unspecified atom stereocenters. The molecule has 0 heterocycles. The number of hydrogen-bond acceptors (Lipinski definition) is 4. The van der Waals surface area contributed by atoms with Crippen LogP contribution in [0, 0.1) is 0 Å². The summed E-state index contributed by atoms with van der Waals surface area (Å²) in [4.78, 5) is 34.4. The minimum Gasteiger partial charge on any atom is -0.481 e. The normalized spacial score (nSPS) is 13.8. The molecule has 0 aliphatic rings. The zero-order valence-corrected chi connectivity index (χ0v) is 10.6. The van der Waals surface area contributed by atoms with Crippen LogP contribution in [0.4, 0.5) is 4.79 Å². The first kappa shape index (κ1) is 16.2. The molecule has 0 saturated heterocycles. The van der Waals surface area contributed by atoms with Crippen LogP contribution in [0.5, 0.6) is 0 Å². The van der Waals surface area contributed by atoms with Gasteiger partial charge < -0.3 is 25.7 Å². The molecule has 0 aliphatic heterocycles. The van der Waals surface area contributed by atoms with Gasteiger partial charge in [-0.05, 0) is 21.0 Å². The summed E-state index contributed by atoms with van der Waals surface area (Å²) in [5.41, 5.74) is 0. The molecule has 18 heavy (non-hydrogen) atoms. The number of carbonyl (C=O) groups excluding carboxylic acids is 1. The second-order valence-electron chi connectivity index (χ2n) is 4.27. The average Bonchev–Trinajstić information content (AvgIpc) is 2.13. The summed E-state index contributed by atoms with van der Waals surface area (Å²) in [7, 11) is 3.67. The number of aliphatic carboxylic acids is 2. The number of carboxylic acid groups (broad SMARTS) is 2. The monoisotopic (exact) mass is 261 g/mol. The van der Waals surface area contributed by atoms with Crippen molar-refractivity contribution < 1.29 is 24.6 Å². The molecule has 0 bridgehead atoms. The lowest BCUT2D eigenvalue weighted by molar-refractivity contribution is -0.145. The fourth-order valence-electron chi connectivity index (χ4n) is 1.39. The number of rotatable bonds is 7. The lowest BCUT2D eigenvalue weighted by Gasteiger charge is -2.20. The SMILES string of the molecule is CC(CN(C)C)NC(=O)NC(CC(=O)O)C(=O)O. The average molecular weight is 261 g/mol. The number of urea groups is 1. The van der Waals surface area contributed by atoms with E-state index in [1.165, 1.54) is 0 Å². The van der Waals surface area contributed by atoms with Gasteiger partial charge in [-0.3, -0.25) is 4.79 Å². The number of hydrogen-bond donors (Lipinski definition) is 4. The van der Waals surface area contributed by atoms with E-state index in [1.807, 2.05) is 19.0 Å². The van der Waals surface area contributed by atoms with Crippen molar-refractivity contribution in [2.45, 2.75) is 25.4 Å². The lowest BCUT2D eigenvalue weighted by Crippen LogP contribution is -2.50. The van der Waals surface area contributed by atoms with Crippen molar-refractivity contribution in [2.24, 2.45) is 0 Å². The molecular formula is C10H19N3O5. The largest absolute Gasteiger partial charge is 0.481 e. The smallest absolute Gasteiger partial charge is 0.326 e. The van der Waals surface area contributed by atoms with Crippen molar-refractivity contribution in [3.05, 3.63) is 0 Å². The fraction of sp³-hybridized carbons (Fsp3) is 0.700. The van der Waals surface area contributed by atoms with Crippen LogP contribution in [-0.4, -0.2) is 65.8 Å². The molecule has 8 nitrogen and oxygen atoms in total. The maximum atomic E-state index is 11.4. The Balaban J connectivity index is 4.25. The molecule has 2 amide bonds. The molecule has 0 aromatic carbocycles. The summed E-state index contributed by atoms with van der Waals surface area (Å²) in [6.07, 6.45) is -0.662. The standard InChI is InChI=1S/C10H19N3O5/c1-6(5-13(2)3)11-10(18)12-7(9(16)17)4-8(14)15/h6-7H,4-5H2,1-3H3,(H,14,15)(H,16,17)(H2,11,12,18). The maximum Gasteiger partial charge on any atom is 0.326 e. The summed E-state index contributed by atoms with van der Waals surface area (Å²) in [6, 6.07) is -2.31. The Hall–Kier alpha value is -1.83. The number of amides is 2. The van der Waals surface area contributed by atoms with Crippen molar-refractivity contribution in [2.75, 3.05) is 20.6 Å². The van der Waals surface area contributed by atoms with Crippen molar-refractivity contribution in [1.29, 1.82) is 0 Å². The van der Waals surface area contributed by atoms with Crippen LogP contribution in [0.3, 0.4) is 0 Å². The molecule has 4 N–H and O–H groups in total. The summed E-state index contributed by atoms with van der Waals surface area (Å²) in [5.74, 6) is -2.67. The summed E-state index contributed by atoms with van der Waals surface area (Å²) >= 11 is 0. The third-order valence-electron chi connectivity index (χ3n) is 2.00. The molecule has 8 heteroatoms. The summed E-state index contributed by atoms with van der Waals surface area (Å²) in [6.45, 7) is 2.34. The second-order valence-corrected chi connectivity index (χ2v) is 4.27. The molecule has 0 aliphatic carbocycles. The first-order valence-electron chi connectivity index (χ1n) is 5.38. The number of likely N-dealkylation sites (N-methyl/N-ethyl adjacent to an activating group) is 1. The highest BCUT2D eigenvalue weighted by Gasteiger charge is 2.23. The Kier molecular flexibility index (Phi) is 6.73. The Morgan fingerprint density at radius 3 is 2.11 bits per heavy atom. The van der Waals surface area contributed by atoms with Crippen molar-refractivity contribution >= 4 is 18.0 Å². The number of nitrogens with one attached hydrogen (secondary N) is 2. The molecule has 0 spiro atoms. The minimum absolute atomic E-state index is 0.181. The molecule has 104 valence electrons. The molecule has 0 aromatic heterocycles. The molecule has 0 radical (unpaired) electrons. The van der Waals surface area contributed by atoms with Crippen LogP contribution in [0.15, 0.2) is 0 Å². The minimum atomic E-state index is -1.44. The van der Waals surface area contributed by atoms with Crippen molar-refractivity contribution in [1.82, 2.24) is 15.5 Å². The van der Waals surface area contributed by atoms with E-state index in [4.69, 9.17) is 10.2 Å². The van der Waals surface area contributed by atoms with E-state index in [0.717, 1.165) is 0 Å². The quantitative estimate of drug-likeness (QED) is 0.474. The highest BCUT2D eigenvalue weighted by atomic mass is 16.4. The Morgan fingerprint density at radius 2 is 1.72 bits per heavy atom.